The number of likely N-dealkylation sites (tertiary alicyclic amines) is 1. The molecule has 0 N–H and O–H groups in total. The van der Waals surface area contributed by atoms with Crippen LogP contribution in [0, 0.1) is 0 Å². The smallest absolute Gasteiger partial charge is 0.324 e. The number of piperidine rings is 1. The number of hydrogen-bond acceptors (Lipinski definition) is 4. The predicted molar refractivity (Wildman–Crippen MR) is 110 cm³/mol. The van der Waals surface area contributed by atoms with Gasteiger partial charge in [-0.25, -0.2) is 9.78 Å². The zero-order valence-electron chi connectivity index (χ0n) is 15.6. The molecule has 1 aliphatic heterocycles. The topological polar surface area (TPSA) is 49.3 Å². The summed E-state index contributed by atoms with van der Waals surface area (Å²) in [6.07, 6.45) is 7.92. The summed E-state index contributed by atoms with van der Waals surface area (Å²) < 4.78 is 1.13. The lowest BCUT2D eigenvalue weighted by Gasteiger charge is -2.31. The maximum Gasteiger partial charge on any atom is 0.326 e. The van der Waals surface area contributed by atoms with Crippen LogP contribution in [0.1, 0.15) is 37.3 Å². The van der Waals surface area contributed by atoms with Gasteiger partial charge < -0.3 is 4.90 Å². The summed E-state index contributed by atoms with van der Waals surface area (Å²) in [5, 5.41) is 0.762. The normalized spacial score (nSPS) is 14.5. The van der Waals surface area contributed by atoms with Crippen molar-refractivity contribution in [1.82, 2.24) is 14.9 Å². The number of urea groups is 1. The highest BCUT2D eigenvalue weighted by molar-refractivity contribution is 7.22. The van der Waals surface area contributed by atoms with Crippen molar-refractivity contribution in [3.63, 3.8) is 0 Å². The van der Waals surface area contributed by atoms with E-state index in [0.717, 1.165) is 53.3 Å². The molecule has 4 rings (SSSR count). The molecule has 2 amide bonds. The minimum Gasteiger partial charge on any atom is -0.324 e. The van der Waals surface area contributed by atoms with Crippen molar-refractivity contribution in [2.45, 2.75) is 39.2 Å². The monoisotopic (exact) mass is 380 g/mol. The molecule has 6 heteroatoms. The van der Waals surface area contributed by atoms with Gasteiger partial charge in [-0.15, -0.1) is 0 Å². The molecule has 0 radical (unpaired) electrons. The zero-order chi connectivity index (χ0) is 18.6. The molecule has 1 aromatic carbocycles. The minimum absolute atomic E-state index is 0.0494. The number of benzene rings is 1. The van der Waals surface area contributed by atoms with Gasteiger partial charge in [0.15, 0.2) is 5.13 Å². The van der Waals surface area contributed by atoms with E-state index in [0.29, 0.717) is 6.54 Å². The molecule has 0 saturated carbocycles. The van der Waals surface area contributed by atoms with Gasteiger partial charge in [0.1, 0.15) is 0 Å². The maximum absolute atomic E-state index is 13.3. The van der Waals surface area contributed by atoms with E-state index in [9.17, 15) is 4.79 Å². The van der Waals surface area contributed by atoms with Gasteiger partial charge >= 0.3 is 6.03 Å². The molecule has 2 aromatic heterocycles. The van der Waals surface area contributed by atoms with Crippen LogP contribution in [-0.2, 0) is 13.0 Å². The summed E-state index contributed by atoms with van der Waals surface area (Å²) in [7, 11) is 0. The van der Waals surface area contributed by atoms with E-state index in [2.05, 4.69) is 30.1 Å². The van der Waals surface area contributed by atoms with Crippen molar-refractivity contribution in [2.24, 2.45) is 0 Å². The van der Waals surface area contributed by atoms with E-state index in [4.69, 9.17) is 4.98 Å². The lowest BCUT2D eigenvalue weighted by molar-refractivity contribution is 0.192. The van der Waals surface area contributed by atoms with Gasteiger partial charge in [0.25, 0.3) is 0 Å². The Hall–Kier alpha value is -2.47. The third-order valence-corrected chi connectivity index (χ3v) is 6.04. The van der Waals surface area contributed by atoms with Gasteiger partial charge in [0.05, 0.1) is 16.8 Å². The highest BCUT2D eigenvalue weighted by atomic mass is 32.1. The van der Waals surface area contributed by atoms with Crippen molar-refractivity contribution >= 4 is 32.7 Å². The summed E-state index contributed by atoms with van der Waals surface area (Å²) in [6.45, 7) is 4.29. The highest BCUT2D eigenvalue weighted by Gasteiger charge is 2.26. The molecule has 5 nitrogen and oxygen atoms in total. The number of carbonyl (C=O) groups is 1. The van der Waals surface area contributed by atoms with Gasteiger partial charge in [-0.3, -0.25) is 9.88 Å². The molecule has 1 saturated heterocycles. The van der Waals surface area contributed by atoms with E-state index >= 15 is 0 Å². The van der Waals surface area contributed by atoms with E-state index < -0.39 is 0 Å². The minimum atomic E-state index is 0.0494. The summed E-state index contributed by atoms with van der Waals surface area (Å²) >= 11 is 1.59. The fourth-order valence-electron chi connectivity index (χ4n) is 3.44. The SMILES string of the molecule is CCc1ccc2nc(N(Cc3cccnc3)C(=O)N3CCCCC3)sc2c1. The third kappa shape index (κ3) is 3.95. The Balaban J connectivity index is 1.69. The van der Waals surface area contributed by atoms with Gasteiger partial charge in [-0.2, -0.15) is 0 Å². The molecule has 3 aromatic rings. The predicted octanol–water partition coefficient (Wildman–Crippen LogP) is 4.87. The Kier molecular flexibility index (Phi) is 5.34. The molecule has 3 heterocycles. The number of fused-ring (bicyclic) bond motifs is 1. The van der Waals surface area contributed by atoms with Crippen LogP contribution in [0.15, 0.2) is 42.7 Å². The fourth-order valence-corrected chi connectivity index (χ4v) is 4.46. The number of aryl methyl sites for hydroxylation is 1. The Morgan fingerprint density at radius 1 is 1.19 bits per heavy atom. The number of anilines is 1. The molecule has 0 bridgehead atoms. The summed E-state index contributed by atoms with van der Waals surface area (Å²) in [5.41, 5.74) is 3.25. The lowest BCUT2D eigenvalue weighted by Crippen LogP contribution is -2.45. The number of thiazole rings is 1. The van der Waals surface area contributed by atoms with Crippen molar-refractivity contribution < 1.29 is 4.79 Å². The standard InChI is InChI=1S/C21H24N4OS/c1-2-16-8-9-18-19(13-16)27-20(23-18)25(15-17-7-6-10-22-14-17)21(26)24-11-4-3-5-12-24/h6-10,13-14H,2-5,11-12,15H2,1H3. The second kappa shape index (κ2) is 8.05. The number of nitrogens with zero attached hydrogens (tertiary/aromatic N) is 4. The Labute approximate surface area is 163 Å². The number of pyridine rings is 1. The average molecular weight is 381 g/mol. The quantitative estimate of drug-likeness (QED) is 0.649. The first kappa shape index (κ1) is 17.9. The molecule has 0 atom stereocenters. The van der Waals surface area contributed by atoms with E-state index in [1.54, 1.807) is 17.5 Å². The molecular formula is C21H24N4OS. The molecule has 0 unspecified atom stereocenters. The first-order valence-electron chi connectivity index (χ1n) is 9.59. The Bertz CT molecular complexity index is 918. The molecule has 27 heavy (non-hydrogen) atoms. The van der Waals surface area contributed by atoms with Gasteiger partial charge in [-0.1, -0.05) is 30.4 Å². The van der Waals surface area contributed by atoms with Gasteiger partial charge in [-0.05, 0) is 55.0 Å². The number of amides is 2. The molecule has 0 spiro atoms. The zero-order valence-corrected chi connectivity index (χ0v) is 16.4. The van der Waals surface area contributed by atoms with Gasteiger partial charge in [0.2, 0.25) is 0 Å². The number of hydrogen-bond donors (Lipinski definition) is 0. The summed E-state index contributed by atoms with van der Waals surface area (Å²) in [5.74, 6) is 0. The summed E-state index contributed by atoms with van der Waals surface area (Å²) in [6, 6.07) is 10.3. The molecule has 140 valence electrons. The lowest BCUT2D eigenvalue weighted by atomic mass is 10.1. The second-order valence-electron chi connectivity index (χ2n) is 6.93. The van der Waals surface area contributed by atoms with Crippen molar-refractivity contribution in [2.75, 3.05) is 18.0 Å². The maximum atomic E-state index is 13.3. The van der Waals surface area contributed by atoms with Crippen LogP contribution < -0.4 is 4.90 Å². The van der Waals surface area contributed by atoms with Crippen LogP contribution in [0.5, 0.6) is 0 Å². The molecule has 1 fully saturated rings. The number of rotatable bonds is 4. The largest absolute Gasteiger partial charge is 0.326 e. The van der Waals surface area contributed by atoms with Crippen LogP contribution in [0.2, 0.25) is 0 Å². The Morgan fingerprint density at radius 3 is 2.78 bits per heavy atom. The van der Waals surface area contributed by atoms with Crippen LogP contribution in [-0.4, -0.2) is 34.0 Å². The highest BCUT2D eigenvalue weighted by Crippen LogP contribution is 2.31. The van der Waals surface area contributed by atoms with E-state index in [1.165, 1.54) is 12.0 Å². The first-order chi connectivity index (χ1) is 13.2. The first-order valence-corrected chi connectivity index (χ1v) is 10.4. The van der Waals surface area contributed by atoms with Crippen LogP contribution in [0.25, 0.3) is 10.2 Å². The van der Waals surface area contributed by atoms with Crippen molar-refractivity contribution in [1.29, 1.82) is 0 Å². The average Bonchev–Trinajstić information content (AvgIpc) is 3.15. The van der Waals surface area contributed by atoms with Crippen LogP contribution in [0.3, 0.4) is 0 Å². The van der Waals surface area contributed by atoms with Crippen molar-refractivity contribution in [3.05, 3.63) is 53.9 Å². The molecule has 0 aliphatic carbocycles. The Morgan fingerprint density at radius 2 is 2.04 bits per heavy atom. The van der Waals surface area contributed by atoms with Crippen LogP contribution >= 0.6 is 11.3 Å². The fraction of sp³-hybridized carbons (Fsp3) is 0.381. The van der Waals surface area contributed by atoms with E-state index in [-0.39, 0.29) is 6.03 Å². The number of aromatic nitrogens is 2. The molecular weight excluding hydrogens is 356 g/mol. The number of carbonyl (C=O) groups excluding carboxylic acids is 1. The second-order valence-corrected chi connectivity index (χ2v) is 7.94. The van der Waals surface area contributed by atoms with Gasteiger partial charge in [0, 0.05) is 25.5 Å². The molecule has 1 aliphatic rings. The van der Waals surface area contributed by atoms with E-state index in [1.807, 2.05) is 28.1 Å². The summed E-state index contributed by atoms with van der Waals surface area (Å²) in [4.78, 5) is 26.1. The van der Waals surface area contributed by atoms with Crippen molar-refractivity contribution in [3.8, 4) is 0 Å². The third-order valence-electron chi connectivity index (χ3n) is 5.00. The van der Waals surface area contributed by atoms with Crippen LogP contribution in [0.4, 0.5) is 9.93 Å².